The molecule has 2 aliphatic rings. The van der Waals surface area contributed by atoms with Crippen molar-refractivity contribution in [3.63, 3.8) is 0 Å². The lowest BCUT2D eigenvalue weighted by Crippen LogP contribution is -2.31. The highest BCUT2D eigenvalue weighted by Gasteiger charge is 2.53. The molecule has 0 atom stereocenters. The van der Waals surface area contributed by atoms with Gasteiger partial charge >= 0.3 is 0 Å². The number of hydrogen-bond acceptors (Lipinski definition) is 2. The Kier molecular flexibility index (Phi) is 3.29. The van der Waals surface area contributed by atoms with E-state index in [1.807, 2.05) is 0 Å². The first kappa shape index (κ1) is 10.9. The fourth-order valence-corrected chi connectivity index (χ4v) is 2.38. The molecule has 0 saturated heterocycles. The predicted octanol–water partition coefficient (Wildman–Crippen LogP) is 1.42. The van der Waals surface area contributed by atoms with E-state index in [-0.39, 0.29) is 5.91 Å². The summed E-state index contributed by atoms with van der Waals surface area (Å²) >= 11 is 0. The Balaban J connectivity index is 1.58. The monoisotopic (exact) mass is 210 g/mol. The molecule has 2 fully saturated rings. The number of amides is 1. The molecular formula is C12H22N2O. The predicted molar refractivity (Wildman–Crippen MR) is 60.3 cm³/mol. The van der Waals surface area contributed by atoms with Crippen molar-refractivity contribution in [3.8, 4) is 0 Å². The van der Waals surface area contributed by atoms with E-state index in [4.69, 9.17) is 5.73 Å². The fraction of sp³-hybridized carbons (Fsp3) is 0.917. The van der Waals surface area contributed by atoms with Crippen LogP contribution >= 0.6 is 0 Å². The van der Waals surface area contributed by atoms with Gasteiger partial charge in [0, 0.05) is 13.0 Å². The van der Waals surface area contributed by atoms with Crippen LogP contribution < -0.4 is 11.1 Å². The highest BCUT2D eigenvalue weighted by Crippen LogP contribution is 2.60. The Morgan fingerprint density at radius 1 is 1.33 bits per heavy atom. The smallest absolute Gasteiger partial charge is 0.220 e. The Bertz CT molecular complexity index is 232. The maximum Gasteiger partial charge on any atom is 0.220 e. The lowest BCUT2D eigenvalue weighted by molar-refractivity contribution is -0.121. The molecule has 15 heavy (non-hydrogen) atoms. The Labute approximate surface area is 91.8 Å². The molecule has 3 heteroatoms. The van der Waals surface area contributed by atoms with E-state index in [0.29, 0.717) is 18.4 Å². The quantitative estimate of drug-likeness (QED) is 0.624. The van der Waals surface area contributed by atoms with Gasteiger partial charge in [0.15, 0.2) is 0 Å². The Hall–Kier alpha value is -0.570. The van der Waals surface area contributed by atoms with Gasteiger partial charge in [-0.15, -0.1) is 0 Å². The summed E-state index contributed by atoms with van der Waals surface area (Å²) < 4.78 is 0. The van der Waals surface area contributed by atoms with Crippen LogP contribution in [-0.2, 0) is 4.79 Å². The normalized spacial score (nSPS) is 22.5. The zero-order valence-corrected chi connectivity index (χ0v) is 9.43. The maximum absolute atomic E-state index is 11.5. The standard InChI is InChI=1S/C12H22N2O/c13-8-2-1-3-11(15)14-9-12(6-7-12)10-4-5-10/h10H,1-9,13H2,(H,14,15). The van der Waals surface area contributed by atoms with Crippen LogP contribution in [0.2, 0.25) is 0 Å². The minimum Gasteiger partial charge on any atom is -0.356 e. The van der Waals surface area contributed by atoms with Crippen molar-refractivity contribution >= 4 is 5.91 Å². The van der Waals surface area contributed by atoms with Crippen LogP contribution in [0.25, 0.3) is 0 Å². The van der Waals surface area contributed by atoms with Gasteiger partial charge in [-0.05, 0) is 56.4 Å². The first-order chi connectivity index (χ1) is 7.27. The lowest BCUT2D eigenvalue weighted by atomic mass is 10.0. The second-order valence-electron chi connectivity index (χ2n) is 5.16. The topological polar surface area (TPSA) is 55.1 Å². The van der Waals surface area contributed by atoms with Gasteiger partial charge in [0.05, 0.1) is 0 Å². The van der Waals surface area contributed by atoms with E-state index in [2.05, 4.69) is 5.32 Å². The molecule has 3 nitrogen and oxygen atoms in total. The molecule has 0 aromatic rings. The van der Waals surface area contributed by atoms with Crippen LogP contribution in [-0.4, -0.2) is 19.0 Å². The van der Waals surface area contributed by atoms with Gasteiger partial charge in [0.1, 0.15) is 0 Å². The van der Waals surface area contributed by atoms with Gasteiger partial charge in [-0.2, -0.15) is 0 Å². The van der Waals surface area contributed by atoms with Crippen LogP contribution in [0.15, 0.2) is 0 Å². The minimum absolute atomic E-state index is 0.218. The first-order valence-electron chi connectivity index (χ1n) is 6.24. The number of carbonyl (C=O) groups excluding carboxylic acids is 1. The molecule has 0 aromatic heterocycles. The summed E-state index contributed by atoms with van der Waals surface area (Å²) in [5.74, 6) is 1.15. The fourth-order valence-electron chi connectivity index (χ4n) is 2.38. The molecule has 2 rings (SSSR count). The van der Waals surface area contributed by atoms with E-state index >= 15 is 0 Å². The molecule has 0 spiro atoms. The number of unbranched alkanes of at least 4 members (excludes halogenated alkanes) is 1. The highest BCUT2D eigenvalue weighted by atomic mass is 16.1. The summed E-state index contributed by atoms with van der Waals surface area (Å²) in [6.07, 6.45) is 7.99. The Morgan fingerprint density at radius 2 is 2.07 bits per heavy atom. The second kappa shape index (κ2) is 4.52. The summed E-state index contributed by atoms with van der Waals surface area (Å²) in [7, 11) is 0. The molecule has 86 valence electrons. The van der Waals surface area contributed by atoms with Crippen LogP contribution in [0.1, 0.15) is 44.9 Å². The number of nitrogens with one attached hydrogen (secondary N) is 1. The third kappa shape index (κ3) is 2.94. The molecule has 1 amide bonds. The van der Waals surface area contributed by atoms with Crippen LogP contribution in [0.3, 0.4) is 0 Å². The van der Waals surface area contributed by atoms with E-state index in [0.717, 1.165) is 25.3 Å². The zero-order valence-electron chi connectivity index (χ0n) is 9.43. The van der Waals surface area contributed by atoms with Crippen molar-refractivity contribution in [2.24, 2.45) is 17.1 Å². The summed E-state index contributed by atoms with van der Waals surface area (Å²) in [5.41, 5.74) is 5.92. The van der Waals surface area contributed by atoms with Gasteiger partial charge in [0.25, 0.3) is 0 Å². The van der Waals surface area contributed by atoms with Crippen molar-refractivity contribution < 1.29 is 4.79 Å². The molecule has 0 bridgehead atoms. The number of hydrogen-bond donors (Lipinski definition) is 2. The Morgan fingerprint density at radius 3 is 2.60 bits per heavy atom. The molecular weight excluding hydrogens is 188 g/mol. The van der Waals surface area contributed by atoms with E-state index < -0.39 is 0 Å². The molecule has 0 aliphatic heterocycles. The van der Waals surface area contributed by atoms with Crippen LogP contribution in [0, 0.1) is 11.3 Å². The number of nitrogens with two attached hydrogens (primary N) is 1. The van der Waals surface area contributed by atoms with Crippen molar-refractivity contribution in [2.45, 2.75) is 44.9 Å². The van der Waals surface area contributed by atoms with Crippen molar-refractivity contribution in [1.29, 1.82) is 0 Å². The summed E-state index contributed by atoms with van der Waals surface area (Å²) in [6.45, 7) is 1.62. The van der Waals surface area contributed by atoms with E-state index in [1.54, 1.807) is 0 Å². The van der Waals surface area contributed by atoms with E-state index in [9.17, 15) is 4.79 Å². The molecule has 0 unspecified atom stereocenters. The molecule has 2 saturated carbocycles. The third-order valence-corrected chi connectivity index (χ3v) is 3.83. The van der Waals surface area contributed by atoms with Crippen molar-refractivity contribution in [1.82, 2.24) is 5.32 Å². The van der Waals surface area contributed by atoms with Gasteiger partial charge in [-0.3, -0.25) is 4.79 Å². The molecule has 2 aliphatic carbocycles. The van der Waals surface area contributed by atoms with Crippen LogP contribution in [0.5, 0.6) is 0 Å². The van der Waals surface area contributed by atoms with Crippen molar-refractivity contribution in [3.05, 3.63) is 0 Å². The SMILES string of the molecule is NCCCCC(=O)NCC1(C2CC2)CC1. The maximum atomic E-state index is 11.5. The summed E-state index contributed by atoms with van der Waals surface area (Å²) in [5, 5.41) is 3.09. The second-order valence-corrected chi connectivity index (χ2v) is 5.16. The van der Waals surface area contributed by atoms with E-state index in [1.165, 1.54) is 25.7 Å². The average Bonchev–Trinajstić information content (AvgIpc) is 3.06. The lowest BCUT2D eigenvalue weighted by Gasteiger charge is -2.14. The largest absolute Gasteiger partial charge is 0.356 e. The third-order valence-electron chi connectivity index (χ3n) is 3.83. The highest BCUT2D eigenvalue weighted by molar-refractivity contribution is 5.75. The molecule has 0 aromatic carbocycles. The number of carbonyl (C=O) groups is 1. The van der Waals surface area contributed by atoms with Crippen LogP contribution in [0.4, 0.5) is 0 Å². The molecule has 0 heterocycles. The first-order valence-corrected chi connectivity index (χ1v) is 6.24. The van der Waals surface area contributed by atoms with Gasteiger partial charge in [0.2, 0.25) is 5.91 Å². The van der Waals surface area contributed by atoms with Gasteiger partial charge < -0.3 is 11.1 Å². The zero-order chi connectivity index (χ0) is 10.7. The van der Waals surface area contributed by atoms with Gasteiger partial charge in [-0.25, -0.2) is 0 Å². The van der Waals surface area contributed by atoms with Crippen molar-refractivity contribution in [2.75, 3.05) is 13.1 Å². The van der Waals surface area contributed by atoms with Gasteiger partial charge in [-0.1, -0.05) is 0 Å². The molecule has 3 N–H and O–H groups in total. The number of rotatable bonds is 7. The minimum atomic E-state index is 0.218. The average molecular weight is 210 g/mol. The summed E-state index contributed by atoms with van der Waals surface area (Å²) in [6, 6.07) is 0. The summed E-state index contributed by atoms with van der Waals surface area (Å²) in [4.78, 5) is 11.5. The molecule has 0 radical (unpaired) electrons.